The van der Waals surface area contributed by atoms with Gasteiger partial charge in [0.05, 0.1) is 7.11 Å². The predicted octanol–water partition coefficient (Wildman–Crippen LogP) is 5.25. The zero-order valence-electron chi connectivity index (χ0n) is 24.8. The molecule has 4 rings (SSSR count). The molecule has 4 fully saturated rings. The van der Waals surface area contributed by atoms with E-state index in [-0.39, 0.29) is 88.5 Å². The molecule has 0 aromatic carbocycles. The molecule has 0 aromatic rings. The van der Waals surface area contributed by atoms with Crippen LogP contribution in [0.1, 0.15) is 99.3 Å². The lowest BCUT2D eigenvalue weighted by Crippen LogP contribution is -2.63. The molecule has 0 saturated heterocycles. The molecule has 0 amide bonds. The van der Waals surface area contributed by atoms with Crippen molar-refractivity contribution >= 4 is 23.9 Å². The summed E-state index contributed by atoms with van der Waals surface area (Å²) in [6.07, 6.45) is 6.53. The van der Waals surface area contributed by atoms with Crippen molar-refractivity contribution in [3.05, 3.63) is 0 Å². The monoisotopic (exact) mass is 548 g/mol. The third-order valence-electron chi connectivity index (χ3n) is 11.4. The second-order valence-electron chi connectivity index (χ2n) is 13.4. The van der Waals surface area contributed by atoms with Gasteiger partial charge in [0.2, 0.25) is 0 Å². The van der Waals surface area contributed by atoms with Gasteiger partial charge in [-0.3, -0.25) is 19.2 Å². The molecule has 4 aliphatic carbocycles. The number of hydrogen-bond donors (Lipinski definition) is 0. The predicted molar refractivity (Wildman–Crippen MR) is 143 cm³/mol. The standard InChI is InChI=1S/C31H48O8/c1-17(8-11-28(35)36-7)23-9-10-24-29-25(16-27(31(23,24)6)39-20(4)34)30(5)13-12-22(37-18(2)32)14-21(30)15-26(29)38-19(3)33/h17,21-27,29H,8-16H2,1-7H3/t17-,21+,22-,23-,24?,25?,26-,27+,29?,30+,31-/m0/s1. The molecule has 4 saturated carbocycles. The van der Waals surface area contributed by atoms with Crippen LogP contribution in [0, 0.1) is 46.3 Å². The van der Waals surface area contributed by atoms with Crippen molar-refractivity contribution in [1.82, 2.24) is 0 Å². The minimum Gasteiger partial charge on any atom is -0.469 e. The largest absolute Gasteiger partial charge is 0.469 e. The lowest BCUT2D eigenvalue weighted by atomic mass is 9.43. The highest BCUT2D eigenvalue weighted by Crippen LogP contribution is 2.69. The van der Waals surface area contributed by atoms with Gasteiger partial charge in [-0.1, -0.05) is 20.8 Å². The van der Waals surface area contributed by atoms with Crippen molar-refractivity contribution in [2.75, 3.05) is 7.11 Å². The molecule has 0 aromatic heterocycles. The fourth-order valence-electron chi connectivity index (χ4n) is 9.77. The molecule has 4 aliphatic rings. The Hall–Kier alpha value is -2.12. The molecule has 0 bridgehead atoms. The number of hydrogen-bond acceptors (Lipinski definition) is 8. The van der Waals surface area contributed by atoms with E-state index in [9.17, 15) is 19.2 Å². The maximum Gasteiger partial charge on any atom is 0.305 e. The summed E-state index contributed by atoms with van der Waals surface area (Å²) in [4.78, 5) is 48.5. The van der Waals surface area contributed by atoms with Crippen LogP contribution in [0.5, 0.6) is 0 Å². The molecular weight excluding hydrogens is 500 g/mol. The zero-order valence-corrected chi connectivity index (χ0v) is 24.8. The highest BCUT2D eigenvalue weighted by molar-refractivity contribution is 5.69. The Bertz CT molecular complexity index is 962. The van der Waals surface area contributed by atoms with Gasteiger partial charge in [0.25, 0.3) is 0 Å². The lowest BCUT2D eigenvalue weighted by molar-refractivity contribution is -0.224. The molecule has 0 radical (unpaired) electrons. The van der Waals surface area contributed by atoms with E-state index in [1.807, 2.05) is 0 Å². The summed E-state index contributed by atoms with van der Waals surface area (Å²) < 4.78 is 22.8. The maximum atomic E-state index is 12.5. The smallest absolute Gasteiger partial charge is 0.305 e. The molecule has 8 nitrogen and oxygen atoms in total. The van der Waals surface area contributed by atoms with Crippen molar-refractivity contribution in [3.63, 3.8) is 0 Å². The Balaban J connectivity index is 1.70. The molecule has 11 atom stereocenters. The van der Waals surface area contributed by atoms with E-state index in [1.165, 1.54) is 27.9 Å². The van der Waals surface area contributed by atoms with Gasteiger partial charge in [-0.05, 0) is 86.4 Å². The average molecular weight is 549 g/mol. The SMILES string of the molecule is COC(=O)CC[C@H](C)[C@@H]1CCC2C3C(C[C@@H](OC(C)=O)[C@]21C)[C@]1(C)CC[C@H](OC(C)=O)C[C@@H]1C[C@@H]3OC(C)=O. The molecule has 39 heavy (non-hydrogen) atoms. The van der Waals surface area contributed by atoms with Gasteiger partial charge < -0.3 is 18.9 Å². The minimum absolute atomic E-state index is 0.0215. The molecule has 0 N–H and O–H groups in total. The normalized spacial score (nSPS) is 41.7. The van der Waals surface area contributed by atoms with Gasteiger partial charge >= 0.3 is 23.9 Å². The second kappa shape index (κ2) is 11.4. The number of rotatable bonds is 7. The van der Waals surface area contributed by atoms with E-state index in [0.717, 1.165) is 51.4 Å². The molecule has 8 heteroatoms. The number of methoxy groups -OCH3 is 1. The molecule has 3 unspecified atom stereocenters. The van der Waals surface area contributed by atoms with Crippen LogP contribution in [-0.2, 0) is 38.1 Å². The number of carbonyl (C=O) groups is 4. The van der Waals surface area contributed by atoms with Crippen molar-refractivity contribution in [3.8, 4) is 0 Å². The summed E-state index contributed by atoms with van der Waals surface area (Å²) in [6, 6.07) is 0. The third-order valence-corrected chi connectivity index (χ3v) is 11.4. The summed E-state index contributed by atoms with van der Waals surface area (Å²) in [6.45, 7) is 11.3. The highest BCUT2D eigenvalue weighted by atomic mass is 16.6. The highest BCUT2D eigenvalue weighted by Gasteiger charge is 2.67. The van der Waals surface area contributed by atoms with Gasteiger partial charge in [-0.25, -0.2) is 0 Å². The first-order valence-electron chi connectivity index (χ1n) is 14.9. The van der Waals surface area contributed by atoms with Crippen molar-refractivity contribution in [2.24, 2.45) is 46.3 Å². The fraction of sp³-hybridized carbons (Fsp3) is 0.871. The van der Waals surface area contributed by atoms with Crippen LogP contribution >= 0.6 is 0 Å². The Morgan fingerprint density at radius 2 is 1.51 bits per heavy atom. The number of ether oxygens (including phenoxy) is 4. The number of esters is 4. The van der Waals surface area contributed by atoms with E-state index in [2.05, 4.69) is 20.8 Å². The van der Waals surface area contributed by atoms with Gasteiger partial charge in [-0.15, -0.1) is 0 Å². The van der Waals surface area contributed by atoms with E-state index in [4.69, 9.17) is 18.9 Å². The molecule has 0 spiro atoms. The van der Waals surface area contributed by atoms with E-state index < -0.39 is 0 Å². The first-order chi connectivity index (χ1) is 18.3. The van der Waals surface area contributed by atoms with E-state index in [1.54, 1.807) is 0 Å². The molecule has 0 aliphatic heterocycles. The van der Waals surface area contributed by atoms with Crippen LogP contribution in [0.15, 0.2) is 0 Å². The average Bonchev–Trinajstić information content (AvgIpc) is 3.20. The zero-order chi connectivity index (χ0) is 28.7. The Labute approximate surface area is 233 Å². The van der Waals surface area contributed by atoms with Crippen LogP contribution < -0.4 is 0 Å². The summed E-state index contributed by atoms with van der Waals surface area (Å²) in [7, 11) is 1.42. The molecule has 0 heterocycles. The number of fused-ring (bicyclic) bond motifs is 5. The first kappa shape index (κ1) is 29.9. The Morgan fingerprint density at radius 3 is 2.13 bits per heavy atom. The maximum absolute atomic E-state index is 12.5. The van der Waals surface area contributed by atoms with Gasteiger partial charge in [0.15, 0.2) is 0 Å². The third kappa shape index (κ3) is 5.58. The number of carbonyl (C=O) groups excluding carboxylic acids is 4. The first-order valence-corrected chi connectivity index (χ1v) is 14.9. The van der Waals surface area contributed by atoms with Gasteiger partial charge in [-0.2, -0.15) is 0 Å². The Morgan fingerprint density at radius 1 is 0.846 bits per heavy atom. The second-order valence-corrected chi connectivity index (χ2v) is 13.4. The van der Waals surface area contributed by atoms with Crippen LogP contribution in [0.2, 0.25) is 0 Å². The summed E-state index contributed by atoms with van der Waals surface area (Å²) in [5, 5.41) is 0. The summed E-state index contributed by atoms with van der Waals surface area (Å²) in [5.74, 6) is 0.438. The van der Waals surface area contributed by atoms with Crippen LogP contribution in [0.3, 0.4) is 0 Å². The lowest BCUT2D eigenvalue weighted by Gasteiger charge is -2.64. The van der Waals surface area contributed by atoms with Crippen molar-refractivity contribution < 1.29 is 38.1 Å². The summed E-state index contributed by atoms with van der Waals surface area (Å²) >= 11 is 0. The minimum atomic E-state index is -0.279. The quantitative estimate of drug-likeness (QED) is 0.314. The van der Waals surface area contributed by atoms with Gasteiger partial charge in [0.1, 0.15) is 18.3 Å². The molecular formula is C31H48O8. The van der Waals surface area contributed by atoms with Crippen molar-refractivity contribution in [1.29, 1.82) is 0 Å². The van der Waals surface area contributed by atoms with Crippen LogP contribution in [-0.4, -0.2) is 49.3 Å². The van der Waals surface area contributed by atoms with Crippen LogP contribution in [0.25, 0.3) is 0 Å². The van der Waals surface area contributed by atoms with Crippen LogP contribution in [0.4, 0.5) is 0 Å². The van der Waals surface area contributed by atoms with Crippen molar-refractivity contribution in [2.45, 2.75) is 118 Å². The fourth-order valence-corrected chi connectivity index (χ4v) is 9.77. The van der Waals surface area contributed by atoms with Gasteiger partial charge in [0, 0.05) is 38.5 Å². The van der Waals surface area contributed by atoms with E-state index >= 15 is 0 Å². The Kier molecular flexibility index (Phi) is 8.73. The summed E-state index contributed by atoms with van der Waals surface area (Å²) in [5.41, 5.74) is -0.300. The van der Waals surface area contributed by atoms with E-state index in [0.29, 0.717) is 6.42 Å². The molecule has 220 valence electrons. The topological polar surface area (TPSA) is 105 Å².